The number of nitrogens with one attached hydrogen (secondary N) is 4. The Hall–Kier alpha value is -4.16. The molecule has 1 heterocycles. The summed E-state index contributed by atoms with van der Waals surface area (Å²) in [5.41, 5.74) is 1.61. The molecule has 0 aliphatic heterocycles. The number of anilines is 3. The number of ether oxygens (including phenoxy) is 4. The molecule has 1 aromatic heterocycles. The third kappa shape index (κ3) is 10.3. The zero-order valence-corrected chi connectivity index (χ0v) is 24.4. The number of amides is 1. The molecule has 4 rings (SSSR count). The van der Waals surface area contributed by atoms with Crippen molar-refractivity contribution in [2.75, 3.05) is 69.7 Å². The number of rotatable bonds is 18. The summed E-state index contributed by atoms with van der Waals surface area (Å²) >= 11 is 0. The van der Waals surface area contributed by atoms with Crippen LogP contribution in [0.5, 0.6) is 11.5 Å². The van der Waals surface area contributed by atoms with E-state index in [2.05, 4.69) is 36.2 Å². The summed E-state index contributed by atoms with van der Waals surface area (Å²) in [7, 11) is 3.26. The molecule has 0 spiro atoms. The number of benzene rings is 2. The van der Waals surface area contributed by atoms with Crippen LogP contribution in [0.25, 0.3) is 0 Å². The second kappa shape index (κ2) is 16.9. The molecule has 3 aromatic rings. The third-order valence-electron chi connectivity index (χ3n) is 6.66. The minimum absolute atomic E-state index is 0.111. The quantitative estimate of drug-likeness (QED) is 0.164. The molecule has 0 bridgehead atoms. The number of carbonyl (C=O) groups is 1. The van der Waals surface area contributed by atoms with Crippen molar-refractivity contribution in [3.05, 3.63) is 59.7 Å². The molecule has 226 valence electrons. The number of hydrogen-bond donors (Lipinski definition) is 4. The molecule has 0 radical (unpaired) electrons. The van der Waals surface area contributed by atoms with Crippen LogP contribution in [0.3, 0.4) is 0 Å². The first-order valence-electron chi connectivity index (χ1n) is 14.3. The maximum Gasteiger partial charge on any atom is 0.251 e. The summed E-state index contributed by atoms with van der Waals surface area (Å²) in [6.07, 6.45) is 4.63. The first-order valence-corrected chi connectivity index (χ1v) is 14.3. The van der Waals surface area contributed by atoms with Crippen molar-refractivity contribution in [2.24, 2.45) is 0 Å². The molecule has 42 heavy (non-hydrogen) atoms. The molecule has 0 unspecified atom stereocenters. The van der Waals surface area contributed by atoms with Crippen LogP contribution in [0, 0.1) is 0 Å². The molecule has 12 nitrogen and oxygen atoms in total. The van der Waals surface area contributed by atoms with Gasteiger partial charge in [0, 0.05) is 37.3 Å². The smallest absolute Gasteiger partial charge is 0.251 e. The van der Waals surface area contributed by atoms with Crippen LogP contribution in [-0.2, 0) is 16.0 Å². The summed E-state index contributed by atoms with van der Waals surface area (Å²) < 4.78 is 22.0. The van der Waals surface area contributed by atoms with Gasteiger partial charge in [-0.3, -0.25) is 4.79 Å². The standard InChI is InChI=1S/C30H41N7O5/c1-39-25-18-22(19-26(20-25)40-2)21-33-29-35-28(36-30(37-29)34-24-10-6-7-11-24)32-13-15-42-17-16-41-14-12-31-27(38)23-8-4-3-5-9-23/h3-5,8-9,18-20,24H,6-7,10-17,21H2,1-2H3,(H,31,38)(H3,32,33,34,35,36,37). The highest BCUT2D eigenvalue weighted by atomic mass is 16.5. The maximum absolute atomic E-state index is 12.0. The molecule has 1 saturated carbocycles. The lowest BCUT2D eigenvalue weighted by molar-refractivity contribution is 0.0519. The predicted octanol–water partition coefficient (Wildman–Crippen LogP) is 3.73. The van der Waals surface area contributed by atoms with Crippen LogP contribution in [0.4, 0.5) is 17.8 Å². The zero-order chi connectivity index (χ0) is 29.4. The molecule has 0 atom stereocenters. The molecule has 1 aliphatic rings. The van der Waals surface area contributed by atoms with Gasteiger partial charge in [-0.15, -0.1) is 0 Å². The van der Waals surface area contributed by atoms with Gasteiger partial charge >= 0.3 is 0 Å². The van der Waals surface area contributed by atoms with Gasteiger partial charge in [-0.05, 0) is 42.7 Å². The van der Waals surface area contributed by atoms with E-state index in [-0.39, 0.29) is 5.91 Å². The molecular weight excluding hydrogens is 538 g/mol. The van der Waals surface area contributed by atoms with E-state index in [4.69, 9.17) is 18.9 Å². The first kappa shape index (κ1) is 30.8. The predicted molar refractivity (Wildman–Crippen MR) is 161 cm³/mol. The number of methoxy groups -OCH3 is 2. The second-order valence-corrected chi connectivity index (χ2v) is 9.78. The van der Waals surface area contributed by atoms with E-state index >= 15 is 0 Å². The Labute approximate surface area is 246 Å². The highest BCUT2D eigenvalue weighted by Crippen LogP contribution is 2.24. The van der Waals surface area contributed by atoms with Crippen LogP contribution >= 0.6 is 0 Å². The molecule has 0 saturated heterocycles. The van der Waals surface area contributed by atoms with Gasteiger partial charge in [-0.2, -0.15) is 15.0 Å². The zero-order valence-electron chi connectivity index (χ0n) is 24.4. The van der Waals surface area contributed by atoms with E-state index in [0.29, 0.717) is 87.0 Å². The Balaban J connectivity index is 1.19. The summed E-state index contributed by atoms with van der Waals surface area (Å²) in [4.78, 5) is 25.7. The lowest BCUT2D eigenvalue weighted by Crippen LogP contribution is -2.27. The SMILES string of the molecule is COc1cc(CNc2nc(NCCOCCOCCNC(=O)c3ccccc3)nc(NC3CCCC3)n2)cc(OC)c1. The van der Waals surface area contributed by atoms with Gasteiger partial charge in [0.05, 0.1) is 40.6 Å². The van der Waals surface area contributed by atoms with Crippen LogP contribution in [0.1, 0.15) is 41.6 Å². The molecule has 1 amide bonds. The van der Waals surface area contributed by atoms with Crippen molar-refractivity contribution < 1.29 is 23.7 Å². The van der Waals surface area contributed by atoms with Crippen molar-refractivity contribution in [3.8, 4) is 11.5 Å². The van der Waals surface area contributed by atoms with Crippen molar-refractivity contribution in [1.82, 2.24) is 20.3 Å². The average molecular weight is 580 g/mol. The van der Waals surface area contributed by atoms with E-state index in [9.17, 15) is 4.79 Å². The van der Waals surface area contributed by atoms with Crippen molar-refractivity contribution in [2.45, 2.75) is 38.3 Å². The number of nitrogens with zero attached hydrogens (tertiary/aromatic N) is 3. The van der Waals surface area contributed by atoms with Gasteiger partial charge in [0.25, 0.3) is 5.91 Å². The van der Waals surface area contributed by atoms with E-state index in [1.165, 1.54) is 12.8 Å². The molecular formula is C30H41N7O5. The Morgan fingerprint density at radius 1 is 0.786 bits per heavy atom. The Morgan fingerprint density at radius 3 is 2.07 bits per heavy atom. The summed E-state index contributed by atoms with van der Waals surface area (Å²) in [6, 6.07) is 15.2. The topological polar surface area (TPSA) is 141 Å². The van der Waals surface area contributed by atoms with E-state index < -0.39 is 0 Å². The second-order valence-electron chi connectivity index (χ2n) is 9.78. The monoisotopic (exact) mass is 579 g/mol. The fraction of sp³-hybridized carbons (Fsp3) is 0.467. The summed E-state index contributed by atoms with van der Waals surface area (Å²) in [6.45, 7) is 3.19. The van der Waals surface area contributed by atoms with Crippen molar-refractivity contribution >= 4 is 23.8 Å². The molecule has 1 fully saturated rings. The van der Waals surface area contributed by atoms with Gasteiger partial charge in [-0.1, -0.05) is 31.0 Å². The van der Waals surface area contributed by atoms with E-state index in [1.54, 1.807) is 26.4 Å². The van der Waals surface area contributed by atoms with Gasteiger partial charge in [0.1, 0.15) is 11.5 Å². The number of hydrogen-bond acceptors (Lipinski definition) is 11. The third-order valence-corrected chi connectivity index (χ3v) is 6.66. The lowest BCUT2D eigenvalue weighted by Gasteiger charge is -2.15. The summed E-state index contributed by atoms with van der Waals surface area (Å²) in [5.74, 6) is 2.79. The minimum Gasteiger partial charge on any atom is -0.497 e. The minimum atomic E-state index is -0.111. The van der Waals surface area contributed by atoms with E-state index in [1.807, 2.05) is 36.4 Å². The van der Waals surface area contributed by atoms with Crippen LogP contribution in [0.2, 0.25) is 0 Å². The van der Waals surface area contributed by atoms with Crippen LogP contribution in [-0.4, -0.2) is 80.6 Å². The van der Waals surface area contributed by atoms with Gasteiger partial charge in [-0.25, -0.2) is 0 Å². The fourth-order valence-corrected chi connectivity index (χ4v) is 4.49. The molecule has 1 aliphatic carbocycles. The van der Waals surface area contributed by atoms with Gasteiger partial charge in [0.15, 0.2) is 0 Å². The first-order chi connectivity index (χ1) is 20.6. The molecule has 4 N–H and O–H groups in total. The van der Waals surface area contributed by atoms with Crippen LogP contribution in [0.15, 0.2) is 48.5 Å². The average Bonchev–Trinajstić information content (AvgIpc) is 3.54. The van der Waals surface area contributed by atoms with Crippen molar-refractivity contribution in [1.29, 1.82) is 0 Å². The molecule has 12 heteroatoms. The van der Waals surface area contributed by atoms with Crippen LogP contribution < -0.4 is 30.7 Å². The Morgan fingerprint density at radius 2 is 1.40 bits per heavy atom. The normalized spacial score (nSPS) is 13.0. The van der Waals surface area contributed by atoms with E-state index in [0.717, 1.165) is 18.4 Å². The Kier molecular flexibility index (Phi) is 12.4. The Bertz CT molecular complexity index is 1220. The van der Waals surface area contributed by atoms with Crippen molar-refractivity contribution in [3.63, 3.8) is 0 Å². The lowest BCUT2D eigenvalue weighted by atomic mass is 10.2. The maximum atomic E-state index is 12.0. The fourth-order valence-electron chi connectivity index (χ4n) is 4.49. The summed E-state index contributed by atoms with van der Waals surface area (Å²) in [5, 5.41) is 12.8. The van der Waals surface area contributed by atoms with Gasteiger partial charge in [0.2, 0.25) is 17.8 Å². The highest BCUT2D eigenvalue weighted by Gasteiger charge is 2.17. The highest BCUT2D eigenvalue weighted by molar-refractivity contribution is 5.94. The number of carbonyl (C=O) groups excluding carboxylic acids is 1. The number of aromatic nitrogens is 3. The van der Waals surface area contributed by atoms with Gasteiger partial charge < -0.3 is 40.2 Å². The molecule has 2 aromatic carbocycles. The largest absolute Gasteiger partial charge is 0.497 e.